The molecule has 2 aromatic rings. The highest BCUT2D eigenvalue weighted by atomic mass is 127. The number of pyridine rings is 1. The third-order valence-corrected chi connectivity index (χ3v) is 4.40. The number of alkyl halides is 3. The molecule has 90 valence electrons. The molecular formula is C11H6ClF3IN. The monoisotopic (exact) mass is 371 g/mol. The van der Waals surface area contributed by atoms with Crippen LogP contribution in [0.5, 0.6) is 0 Å². The Kier molecular flexibility index (Phi) is 3.24. The highest BCUT2D eigenvalue weighted by Crippen LogP contribution is 2.37. The molecule has 0 fully saturated rings. The van der Waals surface area contributed by atoms with Crippen molar-refractivity contribution >= 4 is 45.1 Å². The first-order valence-corrected chi connectivity index (χ1v) is 6.09. The second kappa shape index (κ2) is 4.28. The van der Waals surface area contributed by atoms with E-state index in [2.05, 4.69) is 4.98 Å². The van der Waals surface area contributed by atoms with Crippen molar-refractivity contribution in [3.05, 3.63) is 38.0 Å². The molecule has 0 aliphatic heterocycles. The lowest BCUT2D eigenvalue weighted by molar-refractivity contribution is -0.136. The van der Waals surface area contributed by atoms with Crippen LogP contribution in [0, 0.1) is 10.5 Å². The van der Waals surface area contributed by atoms with Gasteiger partial charge in [0.25, 0.3) is 0 Å². The van der Waals surface area contributed by atoms with E-state index in [4.69, 9.17) is 11.6 Å². The van der Waals surface area contributed by atoms with E-state index >= 15 is 0 Å². The van der Waals surface area contributed by atoms with E-state index in [1.165, 1.54) is 6.07 Å². The molecular weight excluding hydrogens is 365 g/mol. The zero-order valence-corrected chi connectivity index (χ0v) is 11.5. The first-order chi connectivity index (χ1) is 7.82. The first-order valence-electron chi connectivity index (χ1n) is 4.64. The van der Waals surface area contributed by atoms with E-state index in [9.17, 15) is 13.2 Å². The molecule has 0 saturated carbocycles. The first kappa shape index (κ1) is 12.9. The fraction of sp³-hybridized carbons (Fsp3) is 0.182. The Morgan fingerprint density at radius 2 is 1.94 bits per heavy atom. The number of hydrogen-bond donors (Lipinski definition) is 0. The molecule has 0 spiro atoms. The van der Waals surface area contributed by atoms with Crippen LogP contribution in [0.4, 0.5) is 13.2 Å². The van der Waals surface area contributed by atoms with Crippen LogP contribution in [-0.4, -0.2) is 4.98 Å². The molecule has 0 amide bonds. The van der Waals surface area contributed by atoms with Crippen LogP contribution >= 0.6 is 34.2 Å². The summed E-state index contributed by atoms with van der Waals surface area (Å²) in [7, 11) is 0. The van der Waals surface area contributed by atoms with Gasteiger partial charge in [-0.3, -0.25) is 4.98 Å². The van der Waals surface area contributed by atoms with Crippen molar-refractivity contribution in [3.8, 4) is 0 Å². The standard InChI is InChI=1S/C11H6ClF3IN/c1-5-9(16)8(12)6-3-2-4-7(10(6)17-5)11(13,14)15/h2-4H,1H3. The highest BCUT2D eigenvalue weighted by Gasteiger charge is 2.33. The van der Waals surface area contributed by atoms with Gasteiger partial charge in [0.05, 0.1) is 25.4 Å². The van der Waals surface area contributed by atoms with E-state index in [0.29, 0.717) is 19.7 Å². The van der Waals surface area contributed by atoms with Gasteiger partial charge in [0.1, 0.15) is 0 Å². The van der Waals surface area contributed by atoms with Crippen molar-refractivity contribution in [2.75, 3.05) is 0 Å². The minimum Gasteiger partial charge on any atom is -0.251 e. The van der Waals surface area contributed by atoms with E-state index in [-0.39, 0.29) is 5.52 Å². The van der Waals surface area contributed by atoms with Gasteiger partial charge in [-0.2, -0.15) is 13.2 Å². The number of fused-ring (bicyclic) bond motifs is 1. The predicted octanol–water partition coefficient (Wildman–Crippen LogP) is 4.82. The van der Waals surface area contributed by atoms with Gasteiger partial charge in [0.2, 0.25) is 0 Å². The molecule has 1 heterocycles. The maximum absolute atomic E-state index is 12.8. The van der Waals surface area contributed by atoms with Crippen LogP contribution in [-0.2, 0) is 6.18 Å². The number of hydrogen-bond acceptors (Lipinski definition) is 1. The lowest BCUT2D eigenvalue weighted by Gasteiger charge is -2.12. The maximum Gasteiger partial charge on any atom is 0.418 e. The number of rotatable bonds is 0. The van der Waals surface area contributed by atoms with Gasteiger partial charge in [0.15, 0.2) is 0 Å². The summed E-state index contributed by atoms with van der Waals surface area (Å²) in [6.45, 7) is 1.64. The summed E-state index contributed by atoms with van der Waals surface area (Å²) < 4.78 is 39.1. The fourth-order valence-electron chi connectivity index (χ4n) is 1.56. The van der Waals surface area contributed by atoms with Crippen molar-refractivity contribution in [1.82, 2.24) is 4.98 Å². The third-order valence-electron chi connectivity index (χ3n) is 2.37. The maximum atomic E-state index is 12.8. The van der Waals surface area contributed by atoms with Gasteiger partial charge in [0, 0.05) is 5.39 Å². The smallest absolute Gasteiger partial charge is 0.251 e. The molecule has 0 bridgehead atoms. The average molecular weight is 372 g/mol. The minimum atomic E-state index is -4.42. The molecule has 0 saturated heterocycles. The molecule has 0 N–H and O–H groups in total. The van der Waals surface area contributed by atoms with E-state index in [1.807, 2.05) is 22.6 Å². The number of benzene rings is 1. The number of para-hydroxylation sites is 1. The average Bonchev–Trinajstić information content (AvgIpc) is 2.24. The third kappa shape index (κ3) is 2.22. The van der Waals surface area contributed by atoms with Gasteiger partial charge >= 0.3 is 6.18 Å². The Hall–Kier alpha value is -0.560. The van der Waals surface area contributed by atoms with E-state index in [0.717, 1.165) is 6.07 Å². The van der Waals surface area contributed by atoms with Crippen molar-refractivity contribution in [2.24, 2.45) is 0 Å². The Balaban J connectivity index is 2.92. The quantitative estimate of drug-likeness (QED) is 0.605. The lowest BCUT2D eigenvalue weighted by atomic mass is 10.1. The molecule has 6 heteroatoms. The molecule has 0 unspecified atom stereocenters. The fourth-order valence-corrected chi connectivity index (χ4v) is 2.26. The predicted molar refractivity (Wildman–Crippen MR) is 69.2 cm³/mol. The van der Waals surface area contributed by atoms with Crippen LogP contribution in [0.2, 0.25) is 5.02 Å². The molecule has 2 rings (SSSR count). The van der Waals surface area contributed by atoms with E-state index in [1.54, 1.807) is 13.0 Å². The second-order valence-corrected chi connectivity index (χ2v) is 4.98. The Morgan fingerprint density at radius 1 is 1.29 bits per heavy atom. The van der Waals surface area contributed by atoms with Crippen LogP contribution < -0.4 is 0 Å². The van der Waals surface area contributed by atoms with Crippen LogP contribution in [0.25, 0.3) is 10.9 Å². The normalized spacial score (nSPS) is 12.1. The number of halogens is 5. The molecule has 0 aliphatic carbocycles. The summed E-state index contributed by atoms with van der Waals surface area (Å²) in [6, 6.07) is 3.89. The van der Waals surface area contributed by atoms with Crippen molar-refractivity contribution < 1.29 is 13.2 Å². The molecule has 0 atom stereocenters. The minimum absolute atomic E-state index is 0.0945. The van der Waals surface area contributed by atoms with Crippen molar-refractivity contribution in [2.45, 2.75) is 13.1 Å². The molecule has 1 nitrogen and oxygen atoms in total. The topological polar surface area (TPSA) is 12.9 Å². The van der Waals surface area contributed by atoms with Crippen molar-refractivity contribution in [1.29, 1.82) is 0 Å². The van der Waals surface area contributed by atoms with Gasteiger partial charge in [-0.25, -0.2) is 0 Å². The molecule has 0 aliphatic rings. The van der Waals surface area contributed by atoms with Gasteiger partial charge in [-0.05, 0) is 35.6 Å². The SMILES string of the molecule is Cc1nc2c(C(F)(F)F)cccc2c(Cl)c1I. The van der Waals surface area contributed by atoms with Crippen LogP contribution in [0.3, 0.4) is 0 Å². The summed E-state index contributed by atoms with van der Waals surface area (Å²) in [6.07, 6.45) is -4.42. The Bertz CT molecular complexity index is 595. The highest BCUT2D eigenvalue weighted by molar-refractivity contribution is 14.1. The number of aromatic nitrogens is 1. The largest absolute Gasteiger partial charge is 0.418 e. The Morgan fingerprint density at radius 3 is 2.53 bits per heavy atom. The number of aryl methyl sites for hydroxylation is 1. The van der Waals surface area contributed by atoms with Gasteiger partial charge in [-0.15, -0.1) is 0 Å². The van der Waals surface area contributed by atoms with Crippen LogP contribution in [0.15, 0.2) is 18.2 Å². The number of nitrogens with zero attached hydrogens (tertiary/aromatic N) is 1. The van der Waals surface area contributed by atoms with E-state index < -0.39 is 11.7 Å². The summed E-state index contributed by atoms with van der Waals surface area (Å²) in [4.78, 5) is 3.99. The zero-order chi connectivity index (χ0) is 12.8. The second-order valence-electron chi connectivity index (χ2n) is 3.52. The summed E-state index contributed by atoms with van der Waals surface area (Å²) in [5, 5.41) is 0.649. The van der Waals surface area contributed by atoms with Crippen molar-refractivity contribution in [3.63, 3.8) is 0 Å². The molecule has 1 aromatic carbocycles. The lowest BCUT2D eigenvalue weighted by Crippen LogP contribution is -2.07. The molecule has 17 heavy (non-hydrogen) atoms. The Labute approximate surface area is 114 Å². The van der Waals surface area contributed by atoms with Gasteiger partial charge in [-0.1, -0.05) is 23.7 Å². The molecule has 0 radical (unpaired) electrons. The summed E-state index contributed by atoms with van der Waals surface area (Å²) >= 11 is 8.01. The zero-order valence-electron chi connectivity index (χ0n) is 8.57. The molecule has 1 aromatic heterocycles. The van der Waals surface area contributed by atoms with Crippen LogP contribution in [0.1, 0.15) is 11.3 Å². The summed E-state index contributed by atoms with van der Waals surface area (Å²) in [5.41, 5.74) is -0.348. The van der Waals surface area contributed by atoms with Gasteiger partial charge < -0.3 is 0 Å². The summed E-state index contributed by atoms with van der Waals surface area (Å²) in [5.74, 6) is 0.